The summed E-state index contributed by atoms with van der Waals surface area (Å²) in [5, 5.41) is 0. The van der Waals surface area contributed by atoms with Gasteiger partial charge in [-0.05, 0) is 32.6 Å². The molecule has 0 saturated heterocycles. The Morgan fingerprint density at radius 1 is 1.38 bits per heavy atom. The Morgan fingerprint density at radius 3 is 2.62 bits per heavy atom. The summed E-state index contributed by atoms with van der Waals surface area (Å²) in [4.78, 5) is 11.5. The SMILES string of the molecule is COC(=O)C(C)(C)COC1CCCC(C)C1. The molecule has 0 radical (unpaired) electrons. The topological polar surface area (TPSA) is 35.5 Å². The number of esters is 1. The predicted octanol–water partition coefficient (Wildman–Crippen LogP) is 2.78. The molecule has 0 spiro atoms. The van der Waals surface area contributed by atoms with Gasteiger partial charge < -0.3 is 9.47 Å². The molecule has 1 fully saturated rings. The van der Waals surface area contributed by atoms with Gasteiger partial charge >= 0.3 is 5.97 Å². The number of carbonyl (C=O) groups is 1. The largest absolute Gasteiger partial charge is 0.469 e. The first-order valence-electron chi connectivity index (χ1n) is 6.15. The van der Waals surface area contributed by atoms with Crippen molar-refractivity contribution >= 4 is 5.97 Å². The number of rotatable bonds is 4. The maximum atomic E-state index is 11.5. The summed E-state index contributed by atoms with van der Waals surface area (Å²) in [6.07, 6.45) is 5.12. The molecule has 3 heteroatoms. The van der Waals surface area contributed by atoms with Crippen LogP contribution in [0.3, 0.4) is 0 Å². The third kappa shape index (κ3) is 3.78. The van der Waals surface area contributed by atoms with Gasteiger partial charge in [0.05, 0.1) is 25.2 Å². The van der Waals surface area contributed by atoms with Crippen LogP contribution in [0.2, 0.25) is 0 Å². The summed E-state index contributed by atoms with van der Waals surface area (Å²) in [7, 11) is 1.42. The Balaban J connectivity index is 2.35. The first-order valence-corrected chi connectivity index (χ1v) is 6.15. The van der Waals surface area contributed by atoms with Crippen molar-refractivity contribution < 1.29 is 14.3 Å². The lowest BCUT2D eigenvalue weighted by molar-refractivity contribution is -0.156. The minimum Gasteiger partial charge on any atom is -0.469 e. The lowest BCUT2D eigenvalue weighted by atomic mass is 9.88. The Kier molecular flexibility index (Phi) is 4.78. The summed E-state index contributed by atoms with van der Waals surface area (Å²) < 4.78 is 10.6. The fourth-order valence-corrected chi connectivity index (χ4v) is 2.19. The standard InChI is InChI=1S/C13H24O3/c1-10-6-5-7-11(8-10)16-9-13(2,3)12(14)15-4/h10-11H,5-9H2,1-4H3. The van der Waals surface area contributed by atoms with E-state index in [0.29, 0.717) is 12.7 Å². The molecule has 0 heterocycles. The third-order valence-electron chi connectivity index (χ3n) is 3.31. The second-order valence-corrected chi connectivity index (χ2v) is 5.58. The molecule has 1 aliphatic rings. The fourth-order valence-electron chi connectivity index (χ4n) is 2.19. The zero-order valence-corrected chi connectivity index (χ0v) is 10.9. The Morgan fingerprint density at radius 2 is 2.06 bits per heavy atom. The summed E-state index contributed by atoms with van der Waals surface area (Å²) in [6, 6.07) is 0. The molecule has 2 atom stereocenters. The molecular weight excluding hydrogens is 204 g/mol. The van der Waals surface area contributed by atoms with E-state index < -0.39 is 5.41 Å². The van der Waals surface area contributed by atoms with E-state index in [-0.39, 0.29) is 5.97 Å². The smallest absolute Gasteiger partial charge is 0.313 e. The molecule has 0 N–H and O–H groups in total. The third-order valence-corrected chi connectivity index (χ3v) is 3.31. The molecule has 1 aliphatic carbocycles. The molecule has 0 bridgehead atoms. The quantitative estimate of drug-likeness (QED) is 0.694. The summed E-state index contributed by atoms with van der Waals surface area (Å²) in [5.74, 6) is 0.552. The van der Waals surface area contributed by atoms with E-state index in [9.17, 15) is 4.79 Å². The van der Waals surface area contributed by atoms with E-state index in [2.05, 4.69) is 6.92 Å². The Hall–Kier alpha value is -0.570. The van der Waals surface area contributed by atoms with Crippen molar-refractivity contribution in [1.82, 2.24) is 0 Å². The number of hydrogen-bond acceptors (Lipinski definition) is 3. The van der Waals surface area contributed by atoms with Crippen molar-refractivity contribution in [1.29, 1.82) is 0 Å². The maximum Gasteiger partial charge on any atom is 0.313 e. The zero-order valence-electron chi connectivity index (χ0n) is 10.9. The molecule has 1 rings (SSSR count). The summed E-state index contributed by atoms with van der Waals surface area (Å²) in [5.41, 5.74) is -0.532. The van der Waals surface area contributed by atoms with Crippen molar-refractivity contribution in [2.45, 2.75) is 52.6 Å². The van der Waals surface area contributed by atoms with Gasteiger partial charge in [-0.2, -0.15) is 0 Å². The first-order chi connectivity index (χ1) is 7.45. The van der Waals surface area contributed by atoms with Crippen LogP contribution in [0.1, 0.15) is 46.5 Å². The van der Waals surface area contributed by atoms with E-state index in [1.54, 1.807) is 0 Å². The van der Waals surface area contributed by atoms with E-state index in [1.165, 1.54) is 20.0 Å². The van der Waals surface area contributed by atoms with Crippen molar-refractivity contribution in [2.24, 2.45) is 11.3 Å². The highest BCUT2D eigenvalue weighted by atomic mass is 16.5. The molecule has 0 aromatic carbocycles. The molecule has 0 aromatic heterocycles. The maximum absolute atomic E-state index is 11.5. The molecule has 1 saturated carbocycles. The Bertz CT molecular complexity index is 235. The zero-order chi connectivity index (χ0) is 12.2. The van der Waals surface area contributed by atoms with Crippen molar-refractivity contribution in [3.05, 3.63) is 0 Å². The fraction of sp³-hybridized carbons (Fsp3) is 0.923. The Labute approximate surface area is 98.5 Å². The van der Waals surface area contributed by atoms with Crippen LogP contribution in [0.5, 0.6) is 0 Å². The van der Waals surface area contributed by atoms with Crippen molar-refractivity contribution in [3.63, 3.8) is 0 Å². The van der Waals surface area contributed by atoms with E-state index in [0.717, 1.165) is 18.8 Å². The lowest BCUT2D eigenvalue weighted by Gasteiger charge is -2.30. The number of carbonyl (C=O) groups excluding carboxylic acids is 1. The van der Waals surface area contributed by atoms with Crippen molar-refractivity contribution in [2.75, 3.05) is 13.7 Å². The number of hydrogen-bond donors (Lipinski definition) is 0. The van der Waals surface area contributed by atoms with Crippen LogP contribution in [0.4, 0.5) is 0 Å². The summed E-state index contributed by atoms with van der Waals surface area (Å²) in [6.45, 7) is 6.45. The number of ether oxygens (including phenoxy) is 2. The highest BCUT2D eigenvalue weighted by Gasteiger charge is 2.31. The molecule has 0 amide bonds. The van der Waals surface area contributed by atoms with Gasteiger partial charge in [-0.1, -0.05) is 19.8 Å². The monoisotopic (exact) mass is 228 g/mol. The van der Waals surface area contributed by atoms with Gasteiger partial charge in [0.15, 0.2) is 0 Å². The van der Waals surface area contributed by atoms with Crippen LogP contribution in [0.25, 0.3) is 0 Å². The van der Waals surface area contributed by atoms with Crippen LogP contribution >= 0.6 is 0 Å². The number of methoxy groups -OCH3 is 1. The van der Waals surface area contributed by atoms with Crippen LogP contribution in [0, 0.1) is 11.3 Å². The van der Waals surface area contributed by atoms with E-state index in [1.807, 2.05) is 13.8 Å². The van der Waals surface area contributed by atoms with Gasteiger partial charge in [0, 0.05) is 0 Å². The molecule has 16 heavy (non-hydrogen) atoms. The lowest BCUT2D eigenvalue weighted by Crippen LogP contribution is -2.34. The second-order valence-electron chi connectivity index (χ2n) is 5.58. The van der Waals surface area contributed by atoms with Gasteiger partial charge in [-0.15, -0.1) is 0 Å². The van der Waals surface area contributed by atoms with Gasteiger partial charge in [0.2, 0.25) is 0 Å². The minimum absolute atomic E-state index is 0.198. The molecule has 94 valence electrons. The van der Waals surface area contributed by atoms with Gasteiger partial charge in [0.1, 0.15) is 0 Å². The molecule has 0 aliphatic heterocycles. The highest BCUT2D eigenvalue weighted by molar-refractivity contribution is 5.75. The molecule has 0 aromatic rings. The van der Waals surface area contributed by atoms with E-state index >= 15 is 0 Å². The second kappa shape index (κ2) is 5.67. The van der Waals surface area contributed by atoms with E-state index in [4.69, 9.17) is 9.47 Å². The highest BCUT2D eigenvalue weighted by Crippen LogP contribution is 2.27. The van der Waals surface area contributed by atoms with Crippen LogP contribution in [0.15, 0.2) is 0 Å². The van der Waals surface area contributed by atoms with Gasteiger partial charge in [-0.25, -0.2) is 0 Å². The van der Waals surface area contributed by atoms with Crippen LogP contribution in [-0.2, 0) is 14.3 Å². The molecule has 3 nitrogen and oxygen atoms in total. The predicted molar refractivity (Wildman–Crippen MR) is 63.2 cm³/mol. The normalized spacial score (nSPS) is 26.5. The van der Waals surface area contributed by atoms with Crippen molar-refractivity contribution in [3.8, 4) is 0 Å². The summed E-state index contributed by atoms with van der Waals surface area (Å²) >= 11 is 0. The average molecular weight is 228 g/mol. The van der Waals surface area contributed by atoms with Gasteiger partial charge in [0.25, 0.3) is 0 Å². The van der Waals surface area contributed by atoms with Crippen LogP contribution in [-0.4, -0.2) is 25.8 Å². The molecule has 2 unspecified atom stereocenters. The minimum atomic E-state index is -0.532. The van der Waals surface area contributed by atoms with Gasteiger partial charge in [-0.3, -0.25) is 4.79 Å². The first kappa shape index (κ1) is 13.5. The average Bonchev–Trinajstić information content (AvgIpc) is 2.25. The van der Waals surface area contributed by atoms with Crippen LogP contribution < -0.4 is 0 Å². The molecular formula is C13H24O3.